The van der Waals surface area contributed by atoms with Crippen molar-refractivity contribution in [2.45, 2.75) is 12.8 Å². The van der Waals surface area contributed by atoms with Crippen molar-refractivity contribution in [2.24, 2.45) is 5.73 Å². The van der Waals surface area contributed by atoms with Gasteiger partial charge in [-0.1, -0.05) is 30.3 Å². The first-order chi connectivity index (χ1) is 7.52. The van der Waals surface area contributed by atoms with Crippen LogP contribution in [0.3, 0.4) is 0 Å². The summed E-state index contributed by atoms with van der Waals surface area (Å²) in [6.07, 6.45) is 0. The molecule has 1 aromatic carbocycles. The molecule has 0 aromatic heterocycles. The summed E-state index contributed by atoms with van der Waals surface area (Å²) in [5.74, 6) is -0.601. The van der Waals surface area contributed by atoms with Crippen LogP contribution in [0.5, 0.6) is 0 Å². The Morgan fingerprint density at radius 1 is 1.31 bits per heavy atom. The monoisotopic (exact) mass is 221 g/mol. The number of carbonyl (C=O) groups is 2. The quantitative estimate of drug-likeness (QED) is 0.726. The lowest BCUT2D eigenvalue weighted by atomic mass is 10.0. The van der Waals surface area contributed by atoms with Crippen molar-refractivity contribution < 1.29 is 9.59 Å². The smallest absolute Gasteiger partial charge is 0.333 e. The van der Waals surface area contributed by atoms with Crippen LogP contribution in [0.4, 0.5) is 4.79 Å². The third kappa shape index (κ3) is 2.98. The van der Waals surface area contributed by atoms with Crippen LogP contribution < -0.4 is 11.2 Å². The van der Waals surface area contributed by atoms with Gasteiger partial charge >= 0.3 is 6.03 Å². The van der Waals surface area contributed by atoms with Gasteiger partial charge in [-0.2, -0.15) is 0 Å². The van der Waals surface area contributed by atoms with Gasteiger partial charge in [-0.3, -0.25) is 10.2 Å². The topological polar surface area (TPSA) is 75.4 Å². The van der Waals surface area contributed by atoms with Crippen molar-refractivity contribution >= 4 is 11.9 Å². The molecular weight excluding hydrogens is 206 g/mol. The molecule has 0 aliphatic rings. The second kappa shape index (κ2) is 5.16. The maximum Gasteiger partial charge on any atom is 0.333 e. The van der Waals surface area contributed by atoms with Crippen molar-refractivity contribution in [2.75, 3.05) is 7.05 Å². The van der Waals surface area contributed by atoms with Gasteiger partial charge in [0, 0.05) is 7.05 Å². The van der Waals surface area contributed by atoms with Gasteiger partial charge in [-0.05, 0) is 12.5 Å². The van der Waals surface area contributed by atoms with Gasteiger partial charge in [0.15, 0.2) is 0 Å². The molecule has 86 valence electrons. The Bertz CT molecular complexity index is 378. The predicted molar refractivity (Wildman–Crippen MR) is 60.3 cm³/mol. The van der Waals surface area contributed by atoms with E-state index in [1.165, 1.54) is 7.05 Å². The number of benzene rings is 1. The fourth-order valence-electron chi connectivity index (χ4n) is 1.21. The number of nitrogens with two attached hydrogens (primary N) is 1. The van der Waals surface area contributed by atoms with Crippen molar-refractivity contribution in [3.05, 3.63) is 35.9 Å². The molecule has 3 N–H and O–H groups in total. The number of urea groups is 1. The minimum atomic E-state index is -0.700. The van der Waals surface area contributed by atoms with Gasteiger partial charge in [-0.15, -0.1) is 0 Å². The van der Waals surface area contributed by atoms with Gasteiger partial charge < -0.3 is 5.73 Å². The Balaban J connectivity index is 2.65. The van der Waals surface area contributed by atoms with E-state index in [0.717, 1.165) is 10.6 Å². The van der Waals surface area contributed by atoms with E-state index in [1.54, 1.807) is 6.92 Å². The van der Waals surface area contributed by atoms with E-state index in [9.17, 15) is 9.59 Å². The van der Waals surface area contributed by atoms with E-state index >= 15 is 0 Å². The number of hydrazine groups is 1. The first-order valence-corrected chi connectivity index (χ1v) is 4.91. The summed E-state index contributed by atoms with van der Waals surface area (Å²) >= 11 is 0. The summed E-state index contributed by atoms with van der Waals surface area (Å²) in [4.78, 5) is 22.4. The summed E-state index contributed by atoms with van der Waals surface area (Å²) in [5, 5.41) is 0.960. The van der Waals surface area contributed by atoms with Crippen LogP contribution in [0, 0.1) is 0 Å². The second-order valence-electron chi connectivity index (χ2n) is 3.51. The second-order valence-corrected chi connectivity index (χ2v) is 3.51. The van der Waals surface area contributed by atoms with Crippen molar-refractivity contribution in [3.8, 4) is 0 Å². The molecule has 0 bridgehead atoms. The predicted octanol–water partition coefficient (Wildman–Crippen LogP) is 0.832. The summed E-state index contributed by atoms with van der Waals surface area (Å²) in [5.41, 5.74) is 8.28. The fraction of sp³-hybridized carbons (Fsp3) is 0.273. The highest BCUT2D eigenvalue weighted by atomic mass is 16.2. The van der Waals surface area contributed by atoms with E-state index < -0.39 is 6.03 Å². The van der Waals surface area contributed by atoms with Gasteiger partial charge in [0.05, 0.1) is 5.92 Å². The number of carbonyl (C=O) groups excluding carboxylic acids is 2. The van der Waals surface area contributed by atoms with Gasteiger partial charge in [0.25, 0.3) is 0 Å². The van der Waals surface area contributed by atoms with Crippen molar-refractivity contribution in [3.63, 3.8) is 0 Å². The molecule has 0 saturated heterocycles. The van der Waals surface area contributed by atoms with E-state index in [4.69, 9.17) is 5.73 Å². The highest BCUT2D eigenvalue weighted by Crippen LogP contribution is 2.14. The Labute approximate surface area is 94.2 Å². The van der Waals surface area contributed by atoms with Crippen LogP contribution in [-0.4, -0.2) is 24.0 Å². The van der Waals surface area contributed by atoms with E-state index in [-0.39, 0.29) is 11.8 Å². The average Bonchev–Trinajstić information content (AvgIpc) is 2.28. The molecule has 3 amide bonds. The molecule has 1 rings (SSSR count). The van der Waals surface area contributed by atoms with Crippen LogP contribution >= 0.6 is 0 Å². The van der Waals surface area contributed by atoms with Gasteiger partial charge in [0.1, 0.15) is 0 Å². The molecule has 0 aliphatic carbocycles. The summed E-state index contributed by atoms with van der Waals surface area (Å²) in [6, 6.07) is 8.61. The maximum atomic E-state index is 11.7. The highest BCUT2D eigenvalue weighted by molar-refractivity contribution is 5.85. The van der Waals surface area contributed by atoms with Crippen LogP contribution in [0.15, 0.2) is 30.3 Å². The summed E-state index contributed by atoms with van der Waals surface area (Å²) in [6.45, 7) is 1.76. The number of hydrogen-bond donors (Lipinski definition) is 2. The minimum Gasteiger partial charge on any atom is -0.350 e. The van der Waals surface area contributed by atoms with Crippen LogP contribution in [-0.2, 0) is 4.79 Å². The van der Waals surface area contributed by atoms with Crippen molar-refractivity contribution in [1.29, 1.82) is 0 Å². The Morgan fingerprint density at radius 3 is 2.38 bits per heavy atom. The standard InChI is InChI=1S/C11H15N3O2/c1-8(9-6-4-3-5-7-9)10(15)13-14(2)11(12)16/h3-8H,1-2H3,(H2,12,16)(H,13,15). The van der Waals surface area contributed by atoms with Gasteiger partial charge in [0.2, 0.25) is 5.91 Å². The van der Waals surface area contributed by atoms with Crippen molar-refractivity contribution in [1.82, 2.24) is 10.4 Å². The Hall–Kier alpha value is -2.04. The molecule has 0 spiro atoms. The van der Waals surface area contributed by atoms with E-state index in [1.807, 2.05) is 30.3 Å². The number of nitrogens with zero attached hydrogens (tertiary/aromatic N) is 1. The first-order valence-electron chi connectivity index (χ1n) is 4.91. The minimum absolute atomic E-state index is 0.271. The third-order valence-corrected chi connectivity index (χ3v) is 2.30. The lowest BCUT2D eigenvalue weighted by molar-refractivity contribution is -0.125. The lowest BCUT2D eigenvalue weighted by Gasteiger charge is -2.18. The zero-order valence-corrected chi connectivity index (χ0v) is 9.31. The number of primary amides is 1. The zero-order valence-electron chi connectivity index (χ0n) is 9.31. The molecule has 0 saturated carbocycles. The number of hydrogen-bond acceptors (Lipinski definition) is 2. The largest absolute Gasteiger partial charge is 0.350 e. The molecule has 0 heterocycles. The fourth-order valence-corrected chi connectivity index (χ4v) is 1.21. The molecule has 5 heteroatoms. The normalized spacial score (nSPS) is 11.6. The molecular formula is C11H15N3O2. The summed E-state index contributed by atoms with van der Waals surface area (Å²) < 4.78 is 0. The number of rotatable bonds is 2. The van der Waals surface area contributed by atoms with Crippen LogP contribution in [0.25, 0.3) is 0 Å². The zero-order chi connectivity index (χ0) is 12.1. The molecule has 0 radical (unpaired) electrons. The average molecular weight is 221 g/mol. The highest BCUT2D eigenvalue weighted by Gasteiger charge is 2.17. The summed E-state index contributed by atoms with van der Waals surface area (Å²) in [7, 11) is 1.40. The first kappa shape index (κ1) is 12.0. The molecule has 5 nitrogen and oxygen atoms in total. The maximum absolute atomic E-state index is 11.7. The van der Waals surface area contributed by atoms with Crippen LogP contribution in [0.2, 0.25) is 0 Å². The lowest BCUT2D eigenvalue weighted by Crippen LogP contribution is -2.47. The van der Waals surface area contributed by atoms with Crippen LogP contribution in [0.1, 0.15) is 18.4 Å². The molecule has 1 atom stereocenters. The number of amides is 3. The Kier molecular flexibility index (Phi) is 3.88. The molecule has 1 unspecified atom stereocenters. The van der Waals surface area contributed by atoms with E-state index in [2.05, 4.69) is 5.43 Å². The number of nitrogens with one attached hydrogen (secondary N) is 1. The molecule has 0 aliphatic heterocycles. The Morgan fingerprint density at radius 2 is 1.88 bits per heavy atom. The molecule has 0 fully saturated rings. The van der Waals surface area contributed by atoms with Gasteiger partial charge in [-0.25, -0.2) is 9.80 Å². The third-order valence-electron chi connectivity index (χ3n) is 2.30. The van der Waals surface area contributed by atoms with E-state index in [0.29, 0.717) is 0 Å². The molecule has 1 aromatic rings. The molecule has 16 heavy (non-hydrogen) atoms. The SMILES string of the molecule is CC(C(=O)NN(C)C(N)=O)c1ccccc1.